The predicted octanol–water partition coefficient (Wildman–Crippen LogP) is 3.88. The summed E-state index contributed by atoms with van der Waals surface area (Å²) >= 11 is 8.78. The second-order valence-corrected chi connectivity index (χ2v) is 8.00. The summed E-state index contributed by atoms with van der Waals surface area (Å²) in [6.45, 7) is 0.820. The van der Waals surface area contributed by atoms with Crippen LogP contribution in [0.1, 0.15) is 0 Å². The first kappa shape index (κ1) is 18.1. The Balaban J connectivity index is 1.28. The number of amides is 1. The van der Waals surface area contributed by atoms with Crippen LogP contribution in [0.15, 0.2) is 53.7 Å². The van der Waals surface area contributed by atoms with Gasteiger partial charge >= 0.3 is 0 Å². The molecule has 138 valence electrons. The van der Waals surface area contributed by atoms with E-state index in [1.54, 1.807) is 35.6 Å². The molecule has 1 N–H and O–H groups in total. The average Bonchev–Trinajstić information content (AvgIpc) is 3.24. The fraction of sp³-hybridized carbons (Fsp3) is 0.167. The van der Waals surface area contributed by atoms with Crippen molar-refractivity contribution in [2.45, 2.75) is 5.16 Å². The third-order valence-electron chi connectivity index (χ3n) is 3.75. The first-order valence-corrected chi connectivity index (χ1v) is 10.4. The molecule has 4 rings (SSSR count). The number of halogens is 1. The molecule has 27 heavy (non-hydrogen) atoms. The van der Waals surface area contributed by atoms with E-state index in [-0.39, 0.29) is 11.7 Å². The van der Waals surface area contributed by atoms with Crippen molar-refractivity contribution in [2.75, 3.05) is 18.9 Å². The van der Waals surface area contributed by atoms with Crippen LogP contribution in [0.3, 0.4) is 0 Å². The fourth-order valence-electron chi connectivity index (χ4n) is 2.52. The second-order valence-electron chi connectivity index (χ2n) is 5.61. The summed E-state index contributed by atoms with van der Waals surface area (Å²) < 4.78 is 8.69. The van der Waals surface area contributed by atoms with E-state index in [9.17, 15) is 4.79 Å². The zero-order chi connectivity index (χ0) is 18.6. The molecule has 0 saturated heterocycles. The molecule has 0 saturated carbocycles. The number of rotatable bonds is 7. The predicted molar refractivity (Wildman–Crippen MR) is 109 cm³/mol. The molecule has 0 aliphatic carbocycles. The van der Waals surface area contributed by atoms with E-state index in [2.05, 4.69) is 21.6 Å². The topological polar surface area (TPSA) is 68.5 Å². The normalized spacial score (nSPS) is 11.1. The van der Waals surface area contributed by atoms with Crippen LogP contribution in [0.4, 0.5) is 0 Å². The summed E-state index contributed by atoms with van der Waals surface area (Å²) in [6.07, 6.45) is 0. The summed E-state index contributed by atoms with van der Waals surface area (Å²) in [5.41, 5.74) is 1.06. The van der Waals surface area contributed by atoms with Crippen molar-refractivity contribution in [3.8, 4) is 5.75 Å². The van der Waals surface area contributed by atoms with E-state index in [0.717, 1.165) is 26.1 Å². The number of benzene rings is 2. The highest BCUT2D eigenvalue weighted by Gasteiger charge is 2.13. The monoisotopic (exact) mass is 418 g/mol. The smallest absolute Gasteiger partial charge is 0.230 e. The Morgan fingerprint density at radius 2 is 2.00 bits per heavy atom. The molecule has 2 heterocycles. The highest BCUT2D eigenvalue weighted by atomic mass is 35.5. The molecular weight excluding hydrogens is 404 g/mol. The summed E-state index contributed by atoms with van der Waals surface area (Å²) in [5, 5.41) is 12.6. The van der Waals surface area contributed by atoms with E-state index in [4.69, 9.17) is 16.3 Å². The van der Waals surface area contributed by atoms with Crippen molar-refractivity contribution in [1.82, 2.24) is 19.9 Å². The summed E-state index contributed by atoms with van der Waals surface area (Å²) in [4.78, 5) is 12.9. The van der Waals surface area contributed by atoms with Crippen molar-refractivity contribution in [3.63, 3.8) is 0 Å². The molecule has 0 radical (unpaired) electrons. The lowest BCUT2D eigenvalue weighted by Crippen LogP contribution is -2.29. The Hall–Kier alpha value is -2.29. The van der Waals surface area contributed by atoms with Gasteiger partial charge in [-0.1, -0.05) is 46.8 Å². The van der Waals surface area contributed by atoms with Crippen molar-refractivity contribution in [2.24, 2.45) is 0 Å². The Morgan fingerprint density at radius 3 is 2.85 bits per heavy atom. The van der Waals surface area contributed by atoms with Gasteiger partial charge in [0.2, 0.25) is 10.9 Å². The Labute approximate surface area is 168 Å². The Kier molecular flexibility index (Phi) is 5.47. The minimum atomic E-state index is -0.0732. The van der Waals surface area contributed by atoms with Crippen LogP contribution in [0.5, 0.6) is 5.75 Å². The number of ether oxygens (including phenoxy) is 1. The minimum Gasteiger partial charge on any atom is -0.492 e. The molecule has 0 aliphatic heterocycles. The molecule has 0 bridgehead atoms. The van der Waals surface area contributed by atoms with Gasteiger partial charge in [0.25, 0.3) is 0 Å². The summed E-state index contributed by atoms with van der Waals surface area (Å²) in [5.74, 6) is 0.917. The first-order chi connectivity index (χ1) is 13.2. The number of carbonyl (C=O) groups excluding carboxylic acids is 1. The molecule has 6 nitrogen and oxygen atoms in total. The maximum Gasteiger partial charge on any atom is 0.230 e. The number of hydrogen-bond acceptors (Lipinski definition) is 6. The first-order valence-electron chi connectivity index (χ1n) is 8.21. The molecular formula is C18H15ClN4O2S2. The number of thioether (sulfide) groups is 1. The molecule has 2 aromatic carbocycles. The van der Waals surface area contributed by atoms with Crippen molar-refractivity contribution in [3.05, 3.63) is 53.6 Å². The van der Waals surface area contributed by atoms with E-state index in [0.29, 0.717) is 18.2 Å². The highest BCUT2D eigenvalue weighted by molar-refractivity contribution is 7.99. The summed E-state index contributed by atoms with van der Waals surface area (Å²) in [6, 6.07) is 15.2. The number of nitrogens with one attached hydrogen (secondary N) is 1. The standard InChI is InChI=1S/C18H15ClN4O2S2/c19-12-5-7-13(8-6-12)25-10-9-20-16(24)11-26-17-21-22-18-23(17)14-3-1-2-4-15(14)27-18/h1-8H,9-11H2,(H,20,24). The van der Waals surface area contributed by atoms with Crippen LogP contribution in [-0.2, 0) is 4.79 Å². The van der Waals surface area contributed by atoms with Gasteiger partial charge in [-0.05, 0) is 36.4 Å². The van der Waals surface area contributed by atoms with Gasteiger partial charge in [-0.15, -0.1) is 10.2 Å². The molecule has 0 unspecified atom stereocenters. The van der Waals surface area contributed by atoms with Crippen molar-refractivity contribution >= 4 is 55.8 Å². The van der Waals surface area contributed by atoms with Gasteiger partial charge in [-0.2, -0.15) is 0 Å². The van der Waals surface area contributed by atoms with Gasteiger partial charge in [0.05, 0.1) is 22.5 Å². The van der Waals surface area contributed by atoms with Crippen LogP contribution >= 0.6 is 34.7 Å². The van der Waals surface area contributed by atoms with Crippen LogP contribution in [0, 0.1) is 0 Å². The van der Waals surface area contributed by atoms with Crippen LogP contribution in [0.25, 0.3) is 15.2 Å². The molecule has 0 aliphatic rings. The number of nitrogens with zero attached hydrogens (tertiary/aromatic N) is 3. The van der Waals surface area contributed by atoms with E-state index in [1.165, 1.54) is 11.8 Å². The van der Waals surface area contributed by atoms with Gasteiger partial charge < -0.3 is 10.1 Å². The van der Waals surface area contributed by atoms with Gasteiger partial charge in [-0.3, -0.25) is 9.20 Å². The SMILES string of the molecule is O=C(CSc1nnc2sc3ccccc3n12)NCCOc1ccc(Cl)cc1. The maximum atomic E-state index is 12.1. The molecule has 0 fully saturated rings. The number of fused-ring (bicyclic) bond motifs is 3. The van der Waals surface area contributed by atoms with Crippen LogP contribution in [0.2, 0.25) is 5.02 Å². The Bertz CT molecular complexity index is 1080. The number of para-hydroxylation sites is 1. The number of aromatic nitrogens is 3. The number of thiazole rings is 1. The number of carbonyl (C=O) groups is 1. The third kappa shape index (κ3) is 4.18. The highest BCUT2D eigenvalue weighted by Crippen LogP contribution is 2.29. The maximum absolute atomic E-state index is 12.1. The fourth-order valence-corrected chi connectivity index (χ4v) is 4.44. The van der Waals surface area contributed by atoms with E-state index < -0.39 is 0 Å². The molecule has 2 aromatic heterocycles. The molecule has 0 spiro atoms. The third-order valence-corrected chi connectivity index (χ3v) is 5.94. The quantitative estimate of drug-likeness (QED) is 0.364. The molecule has 4 aromatic rings. The lowest BCUT2D eigenvalue weighted by molar-refractivity contribution is -0.118. The van der Waals surface area contributed by atoms with Crippen LogP contribution < -0.4 is 10.1 Å². The zero-order valence-corrected chi connectivity index (χ0v) is 16.5. The molecule has 0 atom stereocenters. The lowest BCUT2D eigenvalue weighted by Gasteiger charge is -2.07. The van der Waals surface area contributed by atoms with E-state index in [1.807, 2.05) is 22.6 Å². The van der Waals surface area contributed by atoms with Gasteiger partial charge in [0, 0.05) is 5.02 Å². The summed E-state index contributed by atoms with van der Waals surface area (Å²) in [7, 11) is 0. The van der Waals surface area contributed by atoms with Gasteiger partial charge in [-0.25, -0.2) is 0 Å². The largest absolute Gasteiger partial charge is 0.492 e. The molecule has 1 amide bonds. The molecule has 9 heteroatoms. The van der Waals surface area contributed by atoms with Gasteiger partial charge in [0.1, 0.15) is 12.4 Å². The van der Waals surface area contributed by atoms with Crippen LogP contribution in [-0.4, -0.2) is 39.4 Å². The number of hydrogen-bond donors (Lipinski definition) is 1. The van der Waals surface area contributed by atoms with Gasteiger partial charge in [0.15, 0.2) is 5.16 Å². The minimum absolute atomic E-state index is 0.0732. The zero-order valence-electron chi connectivity index (χ0n) is 14.1. The second kappa shape index (κ2) is 8.16. The van der Waals surface area contributed by atoms with E-state index >= 15 is 0 Å². The van der Waals surface area contributed by atoms with Crippen molar-refractivity contribution in [1.29, 1.82) is 0 Å². The Morgan fingerprint density at radius 1 is 1.19 bits per heavy atom. The lowest BCUT2D eigenvalue weighted by atomic mass is 10.3. The van der Waals surface area contributed by atoms with Crippen molar-refractivity contribution < 1.29 is 9.53 Å². The average molecular weight is 419 g/mol.